The molecule has 1 heterocycles. The molecule has 1 N–H and O–H groups in total. The summed E-state index contributed by atoms with van der Waals surface area (Å²) in [5, 5.41) is 3.05. The van der Waals surface area contributed by atoms with Crippen molar-refractivity contribution in [3.63, 3.8) is 0 Å². The van der Waals surface area contributed by atoms with E-state index in [4.69, 9.17) is 4.74 Å². The molecule has 0 saturated carbocycles. The van der Waals surface area contributed by atoms with Gasteiger partial charge in [0.15, 0.2) is 0 Å². The minimum Gasteiger partial charge on any atom is -0.379 e. The highest BCUT2D eigenvalue weighted by Crippen LogP contribution is 2.23. The van der Waals surface area contributed by atoms with Gasteiger partial charge in [-0.25, -0.2) is 0 Å². The fraction of sp³-hybridized carbons (Fsp3) is 0.391. The van der Waals surface area contributed by atoms with E-state index in [1.54, 1.807) is 25.1 Å². The molecule has 2 aromatic carbocycles. The Kier molecular flexibility index (Phi) is 8.30. The third kappa shape index (κ3) is 6.32. The molecule has 160 valence electrons. The number of hydrogen-bond donors (Lipinski definition) is 1. The summed E-state index contributed by atoms with van der Waals surface area (Å²) in [5.74, 6) is 0.198. The molecular weight excluding hydrogens is 398 g/mol. The summed E-state index contributed by atoms with van der Waals surface area (Å²) in [6, 6.07) is 15.6. The number of thioether (sulfide) groups is 1. The molecule has 6 nitrogen and oxygen atoms in total. The van der Waals surface area contributed by atoms with Crippen LogP contribution in [0.3, 0.4) is 0 Å². The van der Waals surface area contributed by atoms with Gasteiger partial charge in [0.05, 0.1) is 24.5 Å². The van der Waals surface area contributed by atoms with Gasteiger partial charge >= 0.3 is 0 Å². The lowest BCUT2D eigenvalue weighted by Crippen LogP contribution is -2.36. The second-order valence-electron chi connectivity index (χ2n) is 7.41. The van der Waals surface area contributed by atoms with Gasteiger partial charge in [-0.05, 0) is 23.3 Å². The molecule has 0 unspecified atom stereocenters. The number of carbonyl (C=O) groups excluding carboxylic acids is 2. The summed E-state index contributed by atoms with van der Waals surface area (Å²) in [7, 11) is 3.46. The van der Waals surface area contributed by atoms with E-state index in [1.165, 1.54) is 17.3 Å². The molecule has 1 aliphatic heterocycles. The molecule has 2 aromatic rings. The Morgan fingerprint density at radius 2 is 1.70 bits per heavy atom. The highest BCUT2D eigenvalue weighted by atomic mass is 32.2. The van der Waals surface area contributed by atoms with Crippen LogP contribution in [-0.4, -0.2) is 67.8 Å². The molecule has 2 amide bonds. The number of carbonyl (C=O) groups is 2. The third-order valence-electron chi connectivity index (χ3n) is 5.04. The molecule has 0 aliphatic carbocycles. The van der Waals surface area contributed by atoms with Crippen LogP contribution >= 0.6 is 11.8 Å². The Morgan fingerprint density at radius 1 is 1.03 bits per heavy atom. The first kappa shape index (κ1) is 22.3. The van der Waals surface area contributed by atoms with Crippen LogP contribution in [0.25, 0.3) is 0 Å². The van der Waals surface area contributed by atoms with Crippen molar-refractivity contribution in [2.45, 2.75) is 18.0 Å². The zero-order valence-corrected chi connectivity index (χ0v) is 18.4. The molecule has 0 spiro atoms. The average Bonchev–Trinajstić information content (AvgIpc) is 2.77. The SMILES string of the molecule is CN(C)C(=O)CSc1ccccc1C(=O)NCc1ccccc1CN1CCOCC1. The van der Waals surface area contributed by atoms with Gasteiger partial charge < -0.3 is 15.0 Å². The Hall–Kier alpha value is -2.35. The van der Waals surface area contributed by atoms with E-state index in [2.05, 4.69) is 22.3 Å². The first-order chi connectivity index (χ1) is 14.5. The van der Waals surface area contributed by atoms with Crippen molar-refractivity contribution in [3.05, 3.63) is 65.2 Å². The van der Waals surface area contributed by atoms with Crippen molar-refractivity contribution in [1.82, 2.24) is 15.1 Å². The van der Waals surface area contributed by atoms with Crippen LogP contribution in [0.15, 0.2) is 53.4 Å². The molecule has 7 heteroatoms. The lowest BCUT2D eigenvalue weighted by molar-refractivity contribution is -0.125. The van der Waals surface area contributed by atoms with Crippen molar-refractivity contribution in [2.75, 3.05) is 46.2 Å². The predicted molar refractivity (Wildman–Crippen MR) is 120 cm³/mol. The molecule has 3 rings (SSSR count). The Labute approximate surface area is 182 Å². The van der Waals surface area contributed by atoms with E-state index in [0.29, 0.717) is 17.9 Å². The van der Waals surface area contributed by atoms with Crippen molar-refractivity contribution >= 4 is 23.6 Å². The number of morpholine rings is 1. The van der Waals surface area contributed by atoms with Gasteiger partial charge in [0.25, 0.3) is 5.91 Å². The molecule has 30 heavy (non-hydrogen) atoms. The quantitative estimate of drug-likeness (QED) is 0.657. The summed E-state index contributed by atoms with van der Waals surface area (Å²) in [6.45, 7) is 4.71. The summed E-state index contributed by atoms with van der Waals surface area (Å²) < 4.78 is 5.43. The maximum Gasteiger partial charge on any atom is 0.252 e. The molecular formula is C23H29N3O3S. The maximum absolute atomic E-state index is 12.9. The highest BCUT2D eigenvalue weighted by molar-refractivity contribution is 8.00. The number of nitrogens with zero attached hydrogens (tertiary/aromatic N) is 2. The summed E-state index contributed by atoms with van der Waals surface area (Å²) in [4.78, 5) is 29.5. The first-order valence-electron chi connectivity index (χ1n) is 10.1. The molecule has 0 aromatic heterocycles. The van der Waals surface area contributed by atoms with Gasteiger partial charge in [-0.15, -0.1) is 11.8 Å². The van der Waals surface area contributed by atoms with Crippen LogP contribution in [0.4, 0.5) is 0 Å². The molecule has 0 bridgehead atoms. The zero-order chi connectivity index (χ0) is 21.3. The van der Waals surface area contributed by atoms with Gasteiger partial charge in [0.2, 0.25) is 5.91 Å². The van der Waals surface area contributed by atoms with Gasteiger partial charge in [0.1, 0.15) is 0 Å². The zero-order valence-electron chi connectivity index (χ0n) is 17.6. The van der Waals surface area contributed by atoms with Crippen molar-refractivity contribution in [2.24, 2.45) is 0 Å². The lowest BCUT2D eigenvalue weighted by atomic mass is 10.1. The van der Waals surface area contributed by atoms with Gasteiger partial charge in [-0.2, -0.15) is 0 Å². The normalized spacial score (nSPS) is 14.3. The van der Waals surface area contributed by atoms with E-state index in [-0.39, 0.29) is 11.8 Å². The van der Waals surface area contributed by atoms with E-state index in [1.807, 2.05) is 30.3 Å². The minimum atomic E-state index is -0.128. The van der Waals surface area contributed by atoms with E-state index in [9.17, 15) is 9.59 Å². The van der Waals surface area contributed by atoms with E-state index >= 15 is 0 Å². The van der Waals surface area contributed by atoms with Crippen molar-refractivity contribution < 1.29 is 14.3 Å². The molecule has 1 fully saturated rings. The lowest BCUT2D eigenvalue weighted by Gasteiger charge is -2.27. The van der Waals surface area contributed by atoms with Crippen LogP contribution in [0.2, 0.25) is 0 Å². The summed E-state index contributed by atoms with van der Waals surface area (Å²) >= 11 is 1.39. The van der Waals surface area contributed by atoms with Crippen LogP contribution in [-0.2, 0) is 22.6 Å². The van der Waals surface area contributed by atoms with E-state index in [0.717, 1.165) is 43.3 Å². The first-order valence-corrected chi connectivity index (χ1v) is 11.1. The predicted octanol–water partition coefficient (Wildman–Crippen LogP) is 2.63. The van der Waals surface area contributed by atoms with Crippen LogP contribution in [0.5, 0.6) is 0 Å². The third-order valence-corrected chi connectivity index (χ3v) is 6.10. The van der Waals surface area contributed by atoms with Crippen LogP contribution < -0.4 is 5.32 Å². The number of benzene rings is 2. The highest BCUT2D eigenvalue weighted by Gasteiger charge is 2.15. The Morgan fingerprint density at radius 3 is 2.43 bits per heavy atom. The standard InChI is InChI=1S/C23H29N3O3S/c1-25(2)22(27)17-30-21-10-6-5-9-20(21)23(28)24-15-18-7-3-4-8-19(18)16-26-11-13-29-14-12-26/h3-10H,11-17H2,1-2H3,(H,24,28). The number of hydrogen-bond acceptors (Lipinski definition) is 5. The van der Waals surface area contributed by atoms with Gasteiger partial charge in [0, 0.05) is 45.2 Å². The monoisotopic (exact) mass is 427 g/mol. The average molecular weight is 428 g/mol. The fourth-order valence-electron chi connectivity index (χ4n) is 3.20. The Bertz CT molecular complexity index is 866. The second kappa shape index (κ2) is 11.2. The number of ether oxygens (including phenoxy) is 1. The van der Waals surface area contributed by atoms with Crippen molar-refractivity contribution in [1.29, 1.82) is 0 Å². The smallest absolute Gasteiger partial charge is 0.252 e. The minimum absolute atomic E-state index is 0.0206. The molecule has 0 atom stereocenters. The maximum atomic E-state index is 12.9. The molecule has 1 saturated heterocycles. The van der Waals surface area contributed by atoms with E-state index < -0.39 is 0 Å². The topological polar surface area (TPSA) is 61.9 Å². The molecule has 1 aliphatic rings. The van der Waals surface area contributed by atoms with Crippen LogP contribution in [0, 0.1) is 0 Å². The number of rotatable bonds is 8. The van der Waals surface area contributed by atoms with Gasteiger partial charge in [-0.1, -0.05) is 36.4 Å². The fourth-order valence-corrected chi connectivity index (χ4v) is 4.23. The summed E-state index contributed by atoms with van der Waals surface area (Å²) in [5.41, 5.74) is 2.93. The molecule has 0 radical (unpaired) electrons. The Balaban J connectivity index is 1.63. The number of amides is 2. The second-order valence-corrected chi connectivity index (χ2v) is 8.43. The number of nitrogens with one attached hydrogen (secondary N) is 1. The van der Waals surface area contributed by atoms with Crippen molar-refractivity contribution in [3.8, 4) is 0 Å². The van der Waals surface area contributed by atoms with Crippen LogP contribution in [0.1, 0.15) is 21.5 Å². The van der Waals surface area contributed by atoms with Gasteiger partial charge in [-0.3, -0.25) is 14.5 Å². The summed E-state index contributed by atoms with van der Waals surface area (Å²) in [6.07, 6.45) is 0. The largest absolute Gasteiger partial charge is 0.379 e.